The van der Waals surface area contributed by atoms with Crippen LogP contribution in [0.25, 0.3) is 0 Å². The fourth-order valence-corrected chi connectivity index (χ4v) is 4.42. The van der Waals surface area contributed by atoms with Crippen LogP contribution in [0.3, 0.4) is 0 Å². The molecule has 1 saturated heterocycles. The molecule has 0 aromatic heterocycles. The van der Waals surface area contributed by atoms with Gasteiger partial charge in [-0.15, -0.1) is 0 Å². The van der Waals surface area contributed by atoms with Crippen LogP contribution >= 0.6 is 0 Å². The minimum atomic E-state index is -3.57. The van der Waals surface area contributed by atoms with E-state index in [0.29, 0.717) is 32.0 Å². The van der Waals surface area contributed by atoms with E-state index in [2.05, 4.69) is 10.6 Å². The third-order valence-corrected chi connectivity index (χ3v) is 6.67. The second-order valence-electron chi connectivity index (χ2n) is 6.69. The molecule has 28 heavy (non-hydrogen) atoms. The van der Waals surface area contributed by atoms with Crippen molar-refractivity contribution in [3.63, 3.8) is 0 Å². The van der Waals surface area contributed by atoms with E-state index in [1.807, 2.05) is 32.0 Å². The molecule has 2 aromatic rings. The summed E-state index contributed by atoms with van der Waals surface area (Å²) in [5.41, 5.74) is 3.47. The van der Waals surface area contributed by atoms with Crippen LogP contribution in [-0.2, 0) is 19.6 Å². The molecule has 8 heteroatoms. The molecule has 150 valence electrons. The lowest BCUT2D eigenvalue weighted by Crippen LogP contribution is -2.40. The average Bonchev–Trinajstić information content (AvgIpc) is 2.71. The molecule has 2 aromatic carbocycles. The van der Waals surface area contributed by atoms with Gasteiger partial charge in [-0.25, -0.2) is 8.42 Å². The fraction of sp³-hybridized carbons (Fsp3) is 0.350. The number of aryl methyl sites for hydroxylation is 1. The van der Waals surface area contributed by atoms with Gasteiger partial charge in [0.15, 0.2) is 0 Å². The zero-order valence-corrected chi connectivity index (χ0v) is 16.9. The molecule has 1 fully saturated rings. The number of morpholine rings is 1. The Morgan fingerprint density at radius 3 is 2.57 bits per heavy atom. The number of nitrogens with one attached hydrogen (secondary N) is 2. The van der Waals surface area contributed by atoms with Crippen molar-refractivity contribution >= 4 is 27.3 Å². The molecule has 0 atom stereocenters. The Morgan fingerprint density at radius 2 is 1.82 bits per heavy atom. The molecule has 0 unspecified atom stereocenters. The van der Waals surface area contributed by atoms with Crippen LogP contribution in [0, 0.1) is 13.8 Å². The third-order valence-electron chi connectivity index (χ3n) is 4.77. The van der Waals surface area contributed by atoms with Gasteiger partial charge in [-0.1, -0.05) is 18.2 Å². The number of nitrogens with zero attached hydrogens (tertiary/aromatic N) is 1. The van der Waals surface area contributed by atoms with Crippen molar-refractivity contribution in [2.24, 2.45) is 0 Å². The minimum Gasteiger partial charge on any atom is -0.379 e. The van der Waals surface area contributed by atoms with Gasteiger partial charge >= 0.3 is 0 Å². The largest absolute Gasteiger partial charge is 0.379 e. The van der Waals surface area contributed by atoms with E-state index < -0.39 is 10.0 Å². The molecular formula is C20H25N3O4S. The molecule has 7 nitrogen and oxygen atoms in total. The molecule has 1 heterocycles. The Hall–Kier alpha value is -2.42. The number of carbonyl (C=O) groups is 1. The second kappa shape index (κ2) is 8.72. The molecule has 1 aliphatic heterocycles. The molecule has 0 saturated carbocycles. The highest BCUT2D eigenvalue weighted by molar-refractivity contribution is 7.89. The Morgan fingerprint density at radius 1 is 1.11 bits per heavy atom. The maximum Gasteiger partial charge on any atom is 0.243 e. The SMILES string of the molecule is Cc1cccc(NC(=O)CNc2cccc(S(=O)(=O)N3CCOCC3)c2)c1C. The van der Waals surface area contributed by atoms with Crippen LogP contribution in [0.15, 0.2) is 47.4 Å². The van der Waals surface area contributed by atoms with Gasteiger partial charge < -0.3 is 15.4 Å². The molecule has 0 spiro atoms. The van der Waals surface area contributed by atoms with Gasteiger partial charge in [-0.3, -0.25) is 4.79 Å². The van der Waals surface area contributed by atoms with Crippen molar-refractivity contribution in [2.45, 2.75) is 18.7 Å². The predicted molar refractivity (Wildman–Crippen MR) is 109 cm³/mol. The first-order valence-corrected chi connectivity index (χ1v) is 10.6. The topological polar surface area (TPSA) is 87.7 Å². The zero-order valence-electron chi connectivity index (χ0n) is 16.1. The zero-order chi connectivity index (χ0) is 20.1. The highest BCUT2D eigenvalue weighted by Crippen LogP contribution is 2.21. The van der Waals surface area contributed by atoms with Gasteiger partial charge in [0.1, 0.15) is 0 Å². The molecule has 0 aliphatic carbocycles. The van der Waals surface area contributed by atoms with Crippen LogP contribution in [0.5, 0.6) is 0 Å². The molecule has 0 radical (unpaired) electrons. The van der Waals surface area contributed by atoms with E-state index >= 15 is 0 Å². The Bertz CT molecular complexity index is 954. The lowest BCUT2D eigenvalue weighted by molar-refractivity contribution is -0.114. The second-order valence-corrected chi connectivity index (χ2v) is 8.63. The fourth-order valence-electron chi connectivity index (χ4n) is 2.97. The van der Waals surface area contributed by atoms with Crippen molar-refractivity contribution in [3.8, 4) is 0 Å². The minimum absolute atomic E-state index is 0.0361. The number of carbonyl (C=O) groups excluding carboxylic acids is 1. The van der Waals surface area contributed by atoms with E-state index in [0.717, 1.165) is 16.8 Å². The van der Waals surface area contributed by atoms with Crippen molar-refractivity contribution in [3.05, 3.63) is 53.6 Å². The lowest BCUT2D eigenvalue weighted by Gasteiger charge is -2.26. The smallest absolute Gasteiger partial charge is 0.243 e. The van der Waals surface area contributed by atoms with Crippen LogP contribution < -0.4 is 10.6 Å². The summed E-state index contributed by atoms with van der Waals surface area (Å²) in [5, 5.41) is 5.87. The van der Waals surface area contributed by atoms with Gasteiger partial charge in [0, 0.05) is 24.5 Å². The van der Waals surface area contributed by atoms with Crippen LogP contribution in [-0.4, -0.2) is 51.5 Å². The maximum atomic E-state index is 12.8. The number of hydrogen-bond acceptors (Lipinski definition) is 5. The van der Waals surface area contributed by atoms with Crippen molar-refractivity contribution in [1.29, 1.82) is 0 Å². The van der Waals surface area contributed by atoms with Crippen LogP contribution in [0.1, 0.15) is 11.1 Å². The average molecular weight is 404 g/mol. The van der Waals surface area contributed by atoms with Crippen molar-refractivity contribution in [2.75, 3.05) is 43.5 Å². The quantitative estimate of drug-likeness (QED) is 0.773. The van der Waals surface area contributed by atoms with E-state index in [1.54, 1.807) is 24.3 Å². The summed E-state index contributed by atoms with van der Waals surface area (Å²) in [4.78, 5) is 12.5. The summed E-state index contributed by atoms with van der Waals surface area (Å²) >= 11 is 0. The van der Waals surface area contributed by atoms with Gasteiger partial charge in [0.2, 0.25) is 15.9 Å². The number of benzene rings is 2. The highest BCUT2D eigenvalue weighted by atomic mass is 32.2. The number of amides is 1. The summed E-state index contributed by atoms with van der Waals surface area (Å²) in [6.45, 7) is 5.47. The summed E-state index contributed by atoms with van der Waals surface area (Å²) in [7, 11) is -3.57. The number of ether oxygens (including phenoxy) is 1. The van der Waals surface area contributed by atoms with Crippen LogP contribution in [0.2, 0.25) is 0 Å². The summed E-state index contributed by atoms with van der Waals surface area (Å²) in [6, 6.07) is 12.3. The number of hydrogen-bond donors (Lipinski definition) is 2. The molecule has 0 bridgehead atoms. The van der Waals surface area contributed by atoms with E-state index in [9.17, 15) is 13.2 Å². The lowest BCUT2D eigenvalue weighted by atomic mass is 10.1. The van der Waals surface area contributed by atoms with Crippen molar-refractivity contribution < 1.29 is 17.9 Å². The first-order valence-electron chi connectivity index (χ1n) is 9.16. The Balaban J connectivity index is 1.64. The van der Waals surface area contributed by atoms with E-state index in [4.69, 9.17) is 4.74 Å². The number of anilines is 2. The van der Waals surface area contributed by atoms with Gasteiger partial charge in [-0.2, -0.15) is 4.31 Å². The third kappa shape index (κ3) is 4.70. The van der Waals surface area contributed by atoms with Gasteiger partial charge in [0.25, 0.3) is 0 Å². The molecule has 1 aliphatic rings. The summed E-state index contributed by atoms with van der Waals surface area (Å²) < 4.78 is 32.1. The molecule has 3 rings (SSSR count). The van der Waals surface area contributed by atoms with Crippen molar-refractivity contribution in [1.82, 2.24) is 4.31 Å². The molecule has 1 amide bonds. The van der Waals surface area contributed by atoms with E-state index in [-0.39, 0.29) is 17.3 Å². The first kappa shape index (κ1) is 20.3. The van der Waals surface area contributed by atoms with Crippen LogP contribution in [0.4, 0.5) is 11.4 Å². The monoisotopic (exact) mass is 403 g/mol. The first-order chi connectivity index (χ1) is 13.4. The Labute approximate surface area is 165 Å². The normalized spacial score (nSPS) is 15.2. The summed E-state index contributed by atoms with van der Waals surface area (Å²) in [5.74, 6) is -0.199. The maximum absolute atomic E-state index is 12.8. The van der Waals surface area contributed by atoms with Gasteiger partial charge in [-0.05, 0) is 49.2 Å². The predicted octanol–water partition coefficient (Wildman–Crippen LogP) is 2.37. The molecular weight excluding hydrogens is 378 g/mol. The number of sulfonamides is 1. The summed E-state index contributed by atoms with van der Waals surface area (Å²) in [6.07, 6.45) is 0. The van der Waals surface area contributed by atoms with E-state index in [1.165, 1.54) is 4.31 Å². The Kier molecular flexibility index (Phi) is 6.33. The standard InChI is InChI=1S/C20H25N3O4S/c1-15-5-3-8-19(16(15)2)22-20(24)14-21-17-6-4-7-18(13-17)28(25,26)23-9-11-27-12-10-23/h3-8,13,21H,9-12,14H2,1-2H3,(H,22,24). The molecule has 2 N–H and O–H groups in total. The van der Waals surface area contributed by atoms with Gasteiger partial charge in [0.05, 0.1) is 24.7 Å². The highest BCUT2D eigenvalue weighted by Gasteiger charge is 2.26. The number of rotatable bonds is 6.